The maximum atomic E-state index is 5.01. The van der Waals surface area contributed by atoms with Crippen LogP contribution in [-0.4, -0.2) is 65.1 Å². The molecule has 0 N–H and O–H groups in total. The van der Waals surface area contributed by atoms with Crippen LogP contribution >= 0.6 is 0 Å². The number of anilines is 1. The molecular weight excluding hydrogens is 346 g/mol. The van der Waals surface area contributed by atoms with Gasteiger partial charge in [-0.05, 0) is 30.4 Å². The second kappa shape index (κ2) is 8.18. The predicted octanol–water partition coefficient (Wildman–Crippen LogP) is 2.75. The molecule has 0 spiro atoms. The van der Waals surface area contributed by atoms with E-state index in [4.69, 9.17) is 9.97 Å². The fourth-order valence-corrected chi connectivity index (χ4v) is 4.70. The Morgan fingerprint density at radius 2 is 1.68 bits per heavy atom. The van der Waals surface area contributed by atoms with Crippen LogP contribution in [-0.2, 0) is 19.4 Å². The molecule has 28 heavy (non-hydrogen) atoms. The topological polar surface area (TPSA) is 35.5 Å². The van der Waals surface area contributed by atoms with Crippen molar-refractivity contribution in [3.63, 3.8) is 0 Å². The summed E-state index contributed by atoms with van der Waals surface area (Å²) in [5.41, 5.74) is 4.00. The molecule has 5 nitrogen and oxygen atoms in total. The molecule has 2 aromatic rings. The Hall–Kier alpha value is -1.98. The van der Waals surface area contributed by atoms with E-state index in [1.54, 1.807) is 0 Å². The van der Waals surface area contributed by atoms with Crippen LogP contribution < -0.4 is 4.90 Å². The van der Waals surface area contributed by atoms with Crippen molar-refractivity contribution in [1.82, 2.24) is 19.8 Å². The minimum absolute atomic E-state index is 0.853. The highest BCUT2D eigenvalue weighted by Gasteiger charge is 2.29. The number of hydrogen-bond acceptors (Lipinski definition) is 5. The van der Waals surface area contributed by atoms with Crippen LogP contribution in [0.15, 0.2) is 36.5 Å². The number of piperazine rings is 1. The number of nitrogens with zero attached hydrogens (tertiary/aromatic N) is 5. The standard InChI is InChI=1S/C23H31N5/c1-2-5-19(6-3-1)18-26-11-9-20-17-24-23(25-22(20)10-12-26)28-15-13-27(14-16-28)21-7-4-8-21/h1-3,5-6,17,21H,4,7-16,18H2. The van der Waals surface area contributed by atoms with Crippen molar-refractivity contribution in [3.05, 3.63) is 53.3 Å². The summed E-state index contributed by atoms with van der Waals surface area (Å²) in [5, 5.41) is 0. The lowest BCUT2D eigenvalue weighted by Gasteiger charge is -2.43. The Balaban J connectivity index is 1.21. The molecule has 1 saturated carbocycles. The van der Waals surface area contributed by atoms with E-state index in [1.807, 2.05) is 0 Å². The van der Waals surface area contributed by atoms with E-state index in [0.717, 1.165) is 70.6 Å². The third-order valence-electron chi connectivity index (χ3n) is 6.74. The molecule has 3 heterocycles. The van der Waals surface area contributed by atoms with Gasteiger partial charge in [-0.25, -0.2) is 9.97 Å². The molecule has 1 aromatic carbocycles. The average Bonchev–Trinajstić information content (AvgIpc) is 2.90. The van der Waals surface area contributed by atoms with Gasteiger partial charge in [0.15, 0.2) is 0 Å². The Morgan fingerprint density at radius 1 is 0.893 bits per heavy atom. The van der Waals surface area contributed by atoms with Crippen molar-refractivity contribution in [3.8, 4) is 0 Å². The number of fused-ring (bicyclic) bond motifs is 1. The SMILES string of the molecule is c1ccc(CN2CCc3cnc(N4CCN(C5CCC5)CC4)nc3CC2)cc1. The molecule has 1 saturated heterocycles. The first-order chi connectivity index (χ1) is 13.8. The lowest BCUT2D eigenvalue weighted by atomic mass is 9.91. The lowest BCUT2D eigenvalue weighted by molar-refractivity contribution is 0.120. The lowest BCUT2D eigenvalue weighted by Crippen LogP contribution is -2.52. The molecule has 0 unspecified atom stereocenters. The fourth-order valence-electron chi connectivity index (χ4n) is 4.70. The predicted molar refractivity (Wildman–Crippen MR) is 113 cm³/mol. The van der Waals surface area contributed by atoms with Gasteiger partial charge in [0, 0.05) is 64.5 Å². The quantitative estimate of drug-likeness (QED) is 0.819. The molecule has 2 aliphatic heterocycles. The largest absolute Gasteiger partial charge is 0.338 e. The van der Waals surface area contributed by atoms with Crippen LogP contribution in [0.25, 0.3) is 0 Å². The zero-order valence-electron chi connectivity index (χ0n) is 16.8. The van der Waals surface area contributed by atoms with E-state index < -0.39 is 0 Å². The van der Waals surface area contributed by atoms with Crippen LogP contribution in [0.5, 0.6) is 0 Å². The smallest absolute Gasteiger partial charge is 0.225 e. The van der Waals surface area contributed by atoms with Crippen LogP contribution in [0.3, 0.4) is 0 Å². The van der Waals surface area contributed by atoms with Gasteiger partial charge in [0.05, 0.1) is 5.69 Å². The maximum absolute atomic E-state index is 5.01. The average molecular weight is 378 g/mol. The van der Waals surface area contributed by atoms with Crippen LogP contribution in [0, 0.1) is 0 Å². The second-order valence-electron chi connectivity index (χ2n) is 8.51. The Kier molecular flexibility index (Phi) is 5.28. The highest BCUT2D eigenvalue weighted by molar-refractivity contribution is 5.35. The summed E-state index contributed by atoms with van der Waals surface area (Å²) in [7, 11) is 0. The van der Waals surface area contributed by atoms with E-state index >= 15 is 0 Å². The molecule has 148 valence electrons. The summed E-state index contributed by atoms with van der Waals surface area (Å²) in [6, 6.07) is 11.6. The molecule has 0 atom stereocenters. The fraction of sp³-hybridized carbons (Fsp3) is 0.565. The van der Waals surface area contributed by atoms with Crippen molar-refractivity contribution in [1.29, 1.82) is 0 Å². The van der Waals surface area contributed by atoms with E-state index in [-0.39, 0.29) is 0 Å². The molecule has 0 amide bonds. The van der Waals surface area contributed by atoms with E-state index in [0.29, 0.717) is 0 Å². The van der Waals surface area contributed by atoms with E-state index in [1.165, 1.54) is 36.1 Å². The van der Waals surface area contributed by atoms with Crippen molar-refractivity contribution < 1.29 is 0 Å². The molecule has 1 aliphatic carbocycles. The molecule has 5 heteroatoms. The summed E-state index contributed by atoms with van der Waals surface area (Å²) in [5.74, 6) is 0.948. The molecule has 0 bridgehead atoms. The van der Waals surface area contributed by atoms with Crippen LogP contribution in [0.4, 0.5) is 5.95 Å². The third-order valence-corrected chi connectivity index (χ3v) is 6.74. The van der Waals surface area contributed by atoms with Gasteiger partial charge in [0.1, 0.15) is 0 Å². The minimum Gasteiger partial charge on any atom is -0.338 e. The zero-order chi connectivity index (χ0) is 18.8. The molecule has 0 radical (unpaired) electrons. The molecule has 5 rings (SSSR count). The normalized spacial score (nSPS) is 21.8. The van der Waals surface area contributed by atoms with Gasteiger partial charge in [0.2, 0.25) is 5.95 Å². The first kappa shape index (κ1) is 18.1. The first-order valence-electron chi connectivity index (χ1n) is 11.0. The van der Waals surface area contributed by atoms with Gasteiger partial charge in [-0.15, -0.1) is 0 Å². The summed E-state index contributed by atoms with van der Waals surface area (Å²) >= 11 is 0. The Labute approximate surface area is 168 Å². The highest BCUT2D eigenvalue weighted by Crippen LogP contribution is 2.26. The second-order valence-corrected chi connectivity index (χ2v) is 8.51. The van der Waals surface area contributed by atoms with Gasteiger partial charge < -0.3 is 4.90 Å². The van der Waals surface area contributed by atoms with Crippen LogP contribution in [0.1, 0.15) is 36.1 Å². The van der Waals surface area contributed by atoms with Crippen molar-refractivity contribution in [2.75, 3.05) is 44.2 Å². The van der Waals surface area contributed by atoms with Gasteiger partial charge in [-0.3, -0.25) is 9.80 Å². The number of benzene rings is 1. The summed E-state index contributed by atoms with van der Waals surface area (Å²) in [4.78, 5) is 17.4. The summed E-state index contributed by atoms with van der Waals surface area (Å²) in [6.07, 6.45) is 8.39. The maximum Gasteiger partial charge on any atom is 0.225 e. The number of hydrogen-bond donors (Lipinski definition) is 0. The van der Waals surface area contributed by atoms with Crippen LogP contribution in [0.2, 0.25) is 0 Å². The highest BCUT2D eigenvalue weighted by atomic mass is 15.3. The van der Waals surface area contributed by atoms with E-state index in [2.05, 4.69) is 51.2 Å². The van der Waals surface area contributed by atoms with Crippen molar-refractivity contribution in [2.45, 2.75) is 44.7 Å². The summed E-state index contributed by atoms with van der Waals surface area (Å²) in [6.45, 7) is 7.65. The first-order valence-corrected chi connectivity index (χ1v) is 11.0. The van der Waals surface area contributed by atoms with Crippen molar-refractivity contribution >= 4 is 5.95 Å². The van der Waals surface area contributed by atoms with Gasteiger partial charge >= 0.3 is 0 Å². The minimum atomic E-state index is 0.853. The zero-order valence-corrected chi connectivity index (χ0v) is 16.8. The molecule has 3 aliphatic rings. The molecule has 1 aromatic heterocycles. The van der Waals surface area contributed by atoms with Crippen molar-refractivity contribution in [2.24, 2.45) is 0 Å². The Morgan fingerprint density at radius 3 is 2.43 bits per heavy atom. The molecule has 2 fully saturated rings. The van der Waals surface area contributed by atoms with Gasteiger partial charge in [0.25, 0.3) is 0 Å². The number of rotatable bonds is 4. The monoisotopic (exact) mass is 377 g/mol. The van der Waals surface area contributed by atoms with Gasteiger partial charge in [-0.1, -0.05) is 36.8 Å². The number of aromatic nitrogens is 2. The van der Waals surface area contributed by atoms with E-state index in [9.17, 15) is 0 Å². The third kappa shape index (κ3) is 3.91. The van der Waals surface area contributed by atoms with Gasteiger partial charge in [-0.2, -0.15) is 0 Å². The molecular formula is C23H31N5. The summed E-state index contributed by atoms with van der Waals surface area (Å²) < 4.78 is 0. The Bertz CT molecular complexity index is 781.